The summed E-state index contributed by atoms with van der Waals surface area (Å²) in [5.41, 5.74) is 1.17. The first-order valence-electron chi connectivity index (χ1n) is 8.23. The van der Waals surface area contributed by atoms with Gasteiger partial charge in [-0.25, -0.2) is 0 Å². The van der Waals surface area contributed by atoms with E-state index in [4.69, 9.17) is 0 Å². The van der Waals surface area contributed by atoms with Crippen LogP contribution in [0.1, 0.15) is 45.1 Å². The summed E-state index contributed by atoms with van der Waals surface area (Å²) in [6, 6.07) is 10.6. The van der Waals surface area contributed by atoms with Crippen molar-refractivity contribution < 1.29 is 4.79 Å². The first-order valence-corrected chi connectivity index (χ1v) is 8.23. The van der Waals surface area contributed by atoms with Gasteiger partial charge in [0.15, 0.2) is 0 Å². The molecule has 21 heavy (non-hydrogen) atoms. The number of carbonyl (C=O) groups excluding carboxylic acids is 1. The zero-order valence-electron chi connectivity index (χ0n) is 13.3. The molecule has 1 atom stereocenters. The van der Waals surface area contributed by atoms with Gasteiger partial charge in [-0.1, -0.05) is 49.4 Å². The van der Waals surface area contributed by atoms with Crippen molar-refractivity contribution in [1.29, 1.82) is 0 Å². The van der Waals surface area contributed by atoms with Gasteiger partial charge in [0.1, 0.15) is 0 Å². The van der Waals surface area contributed by atoms with Gasteiger partial charge in [-0.3, -0.25) is 4.79 Å². The van der Waals surface area contributed by atoms with E-state index in [1.807, 2.05) is 4.90 Å². The van der Waals surface area contributed by atoms with Gasteiger partial charge in [-0.2, -0.15) is 0 Å². The number of hydrogen-bond acceptors (Lipinski definition) is 1. The van der Waals surface area contributed by atoms with Gasteiger partial charge in [0.2, 0.25) is 5.91 Å². The summed E-state index contributed by atoms with van der Waals surface area (Å²) >= 11 is 0. The van der Waals surface area contributed by atoms with Crippen molar-refractivity contribution in [2.45, 2.75) is 46.0 Å². The molecule has 0 unspecified atom stereocenters. The Kier molecular flexibility index (Phi) is 5.60. The fraction of sp³-hybridized carbons (Fsp3) is 0.526. The lowest BCUT2D eigenvalue weighted by atomic mass is 9.83. The predicted molar refractivity (Wildman–Crippen MR) is 88.1 cm³/mol. The maximum atomic E-state index is 12.4. The zero-order chi connectivity index (χ0) is 15.1. The SMILES string of the molecule is CCN1CC[C@](/C=C/CCCc2ccccc2)(CC)C1=O. The predicted octanol–water partition coefficient (Wildman–Crippen LogP) is 4.21. The molecular formula is C19H27NO. The smallest absolute Gasteiger partial charge is 0.232 e. The van der Waals surface area contributed by atoms with E-state index in [0.717, 1.165) is 45.2 Å². The maximum Gasteiger partial charge on any atom is 0.232 e. The van der Waals surface area contributed by atoms with Crippen LogP contribution in [0.4, 0.5) is 0 Å². The van der Waals surface area contributed by atoms with Crippen molar-refractivity contribution in [3.05, 3.63) is 48.0 Å². The lowest BCUT2D eigenvalue weighted by molar-refractivity contribution is -0.133. The second-order valence-corrected chi connectivity index (χ2v) is 5.92. The minimum atomic E-state index is -0.219. The summed E-state index contributed by atoms with van der Waals surface area (Å²) in [6.45, 7) is 5.94. The van der Waals surface area contributed by atoms with Gasteiger partial charge in [0.25, 0.3) is 0 Å². The van der Waals surface area contributed by atoms with Crippen LogP contribution >= 0.6 is 0 Å². The molecule has 2 heteroatoms. The highest BCUT2D eigenvalue weighted by Crippen LogP contribution is 2.36. The molecule has 0 bridgehead atoms. The Hall–Kier alpha value is -1.57. The molecule has 2 rings (SSSR count). The van der Waals surface area contributed by atoms with Crippen LogP contribution in [0.2, 0.25) is 0 Å². The Bertz CT molecular complexity index is 480. The van der Waals surface area contributed by atoms with Crippen molar-refractivity contribution in [2.75, 3.05) is 13.1 Å². The standard InChI is InChI=1S/C19H27NO/c1-3-19(15-16-20(4-2)18(19)21)14-10-6-9-13-17-11-7-5-8-12-17/h5,7-8,10-12,14H,3-4,6,9,13,15-16H2,1-2H3/b14-10+/t19-/m1/s1. The third-order valence-corrected chi connectivity index (χ3v) is 4.67. The molecule has 1 aliphatic heterocycles. The Morgan fingerprint density at radius 2 is 2.00 bits per heavy atom. The molecule has 1 fully saturated rings. The Balaban J connectivity index is 1.84. The van der Waals surface area contributed by atoms with E-state index in [1.165, 1.54) is 5.56 Å². The van der Waals surface area contributed by atoms with Crippen LogP contribution in [0, 0.1) is 5.41 Å². The molecule has 0 aromatic heterocycles. The quantitative estimate of drug-likeness (QED) is 0.543. The van der Waals surface area contributed by atoms with E-state index in [9.17, 15) is 4.79 Å². The molecule has 2 nitrogen and oxygen atoms in total. The van der Waals surface area contributed by atoms with Gasteiger partial charge in [-0.05, 0) is 44.6 Å². The number of carbonyl (C=O) groups is 1. The Morgan fingerprint density at radius 3 is 2.62 bits per heavy atom. The fourth-order valence-electron chi connectivity index (χ4n) is 3.14. The second kappa shape index (κ2) is 7.44. The van der Waals surface area contributed by atoms with Crippen LogP contribution in [-0.2, 0) is 11.2 Å². The van der Waals surface area contributed by atoms with Gasteiger partial charge >= 0.3 is 0 Å². The van der Waals surface area contributed by atoms with Crippen molar-refractivity contribution in [2.24, 2.45) is 5.41 Å². The molecule has 114 valence electrons. The highest BCUT2D eigenvalue weighted by atomic mass is 16.2. The molecule has 0 spiro atoms. The molecule has 0 saturated carbocycles. The van der Waals surface area contributed by atoms with Crippen LogP contribution in [0.15, 0.2) is 42.5 Å². The molecule has 0 N–H and O–H groups in total. The van der Waals surface area contributed by atoms with Crippen LogP contribution in [0.5, 0.6) is 0 Å². The Labute approximate surface area is 128 Å². The van der Waals surface area contributed by atoms with Crippen molar-refractivity contribution >= 4 is 5.91 Å². The first-order chi connectivity index (χ1) is 10.2. The molecule has 0 aliphatic carbocycles. The average Bonchev–Trinajstić information content (AvgIpc) is 2.85. The summed E-state index contributed by atoms with van der Waals surface area (Å²) < 4.78 is 0. The van der Waals surface area contributed by atoms with Crippen LogP contribution < -0.4 is 0 Å². The summed E-state index contributed by atoms with van der Waals surface area (Å²) in [5, 5.41) is 0. The second-order valence-electron chi connectivity index (χ2n) is 5.92. The van der Waals surface area contributed by atoms with Crippen molar-refractivity contribution in [3.63, 3.8) is 0 Å². The maximum absolute atomic E-state index is 12.4. The monoisotopic (exact) mass is 285 g/mol. The molecule has 1 saturated heterocycles. The van der Waals surface area contributed by atoms with Crippen LogP contribution in [-0.4, -0.2) is 23.9 Å². The number of benzene rings is 1. The third-order valence-electron chi connectivity index (χ3n) is 4.67. The Morgan fingerprint density at radius 1 is 1.24 bits per heavy atom. The van der Waals surface area contributed by atoms with Crippen LogP contribution in [0.3, 0.4) is 0 Å². The molecule has 1 amide bonds. The van der Waals surface area contributed by atoms with Crippen LogP contribution in [0.25, 0.3) is 0 Å². The minimum Gasteiger partial charge on any atom is -0.342 e. The normalized spacial score (nSPS) is 22.4. The molecule has 1 aliphatic rings. The lowest BCUT2D eigenvalue weighted by Gasteiger charge is -2.22. The summed E-state index contributed by atoms with van der Waals surface area (Å²) in [7, 11) is 0. The number of allylic oxidation sites excluding steroid dienone is 1. The summed E-state index contributed by atoms with van der Waals surface area (Å²) in [5.74, 6) is 0.326. The molecule has 1 heterocycles. The molecule has 0 radical (unpaired) electrons. The number of nitrogens with zero attached hydrogens (tertiary/aromatic N) is 1. The summed E-state index contributed by atoms with van der Waals surface area (Å²) in [4.78, 5) is 14.4. The first kappa shape index (κ1) is 15.8. The average molecular weight is 285 g/mol. The molecule has 1 aromatic rings. The summed E-state index contributed by atoms with van der Waals surface area (Å²) in [6.07, 6.45) is 9.61. The lowest BCUT2D eigenvalue weighted by Crippen LogP contribution is -2.32. The number of likely N-dealkylation sites (tertiary alicyclic amines) is 1. The van der Waals surface area contributed by atoms with Crippen molar-refractivity contribution in [3.8, 4) is 0 Å². The van der Waals surface area contributed by atoms with E-state index >= 15 is 0 Å². The molecular weight excluding hydrogens is 258 g/mol. The number of rotatable bonds is 7. The number of amides is 1. The van der Waals surface area contributed by atoms with E-state index in [-0.39, 0.29) is 5.41 Å². The van der Waals surface area contributed by atoms with Gasteiger partial charge < -0.3 is 4.90 Å². The van der Waals surface area contributed by atoms with E-state index in [0.29, 0.717) is 5.91 Å². The van der Waals surface area contributed by atoms with Crippen molar-refractivity contribution in [1.82, 2.24) is 4.90 Å². The largest absolute Gasteiger partial charge is 0.342 e. The number of aryl methyl sites for hydroxylation is 1. The molecule has 1 aromatic carbocycles. The van der Waals surface area contributed by atoms with Gasteiger partial charge in [0, 0.05) is 13.1 Å². The van der Waals surface area contributed by atoms with E-state index < -0.39 is 0 Å². The van der Waals surface area contributed by atoms with Gasteiger partial charge in [-0.15, -0.1) is 0 Å². The van der Waals surface area contributed by atoms with E-state index in [2.05, 4.69) is 56.3 Å². The fourth-order valence-corrected chi connectivity index (χ4v) is 3.14. The highest BCUT2D eigenvalue weighted by Gasteiger charge is 2.42. The van der Waals surface area contributed by atoms with E-state index in [1.54, 1.807) is 0 Å². The highest BCUT2D eigenvalue weighted by molar-refractivity contribution is 5.86. The number of hydrogen-bond donors (Lipinski definition) is 0. The minimum absolute atomic E-state index is 0.219. The van der Waals surface area contributed by atoms with Gasteiger partial charge in [0.05, 0.1) is 5.41 Å². The topological polar surface area (TPSA) is 20.3 Å². The third kappa shape index (κ3) is 3.75. The zero-order valence-corrected chi connectivity index (χ0v) is 13.3. The number of unbranched alkanes of at least 4 members (excludes halogenated alkanes) is 1.